The van der Waals surface area contributed by atoms with E-state index in [0.29, 0.717) is 82.7 Å². The molecule has 2 aromatic carbocycles. The zero-order valence-electron chi connectivity index (χ0n) is 56.8. The van der Waals surface area contributed by atoms with Gasteiger partial charge in [-0.05, 0) is 151 Å². The third kappa shape index (κ3) is 15.2. The highest BCUT2D eigenvalue weighted by Crippen LogP contribution is 2.73. The quantitative estimate of drug-likeness (QED) is 0.0474. The molecule has 522 valence electrons. The summed E-state index contributed by atoms with van der Waals surface area (Å²) >= 11 is 0. The number of hydrogen-bond donors (Lipinski definition) is 3. The van der Waals surface area contributed by atoms with Gasteiger partial charge < -0.3 is 58.6 Å². The van der Waals surface area contributed by atoms with Gasteiger partial charge in [0.1, 0.15) is 29.3 Å². The van der Waals surface area contributed by atoms with Crippen molar-refractivity contribution in [3.63, 3.8) is 0 Å². The third-order valence-corrected chi connectivity index (χ3v) is 20.7. The van der Waals surface area contributed by atoms with Crippen molar-refractivity contribution in [2.24, 2.45) is 11.8 Å². The van der Waals surface area contributed by atoms with Crippen molar-refractivity contribution < 1.29 is 76.7 Å². The molecule has 0 bridgehead atoms. The number of anilines is 2. The Labute approximate surface area is 566 Å². The second-order valence-corrected chi connectivity index (χ2v) is 28.0. The molecule has 5 aliphatic heterocycles. The van der Waals surface area contributed by atoms with Crippen LogP contribution in [0.1, 0.15) is 143 Å². The molecule has 0 radical (unpaired) electrons. The number of nitrogens with one attached hydrogen (secondary N) is 2. The first-order valence-corrected chi connectivity index (χ1v) is 34.5. The lowest BCUT2D eigenvalue weighted by molar-refractivity contribution is -0.157. The number of piperazine rings is 2. The monoisotopic (exact) mass is 1340 g/mol. The first-order chi connectivity index (χ1) is 46.5. The molecule has 11 rings (SSSR count). The first kappa shape index (κ1) is 70.3. The molecular formula is C72H93N9O16. The van der Waals surface area contributed by atoms with E-state index in [4.69, 9.17) is 23.7 Å². The van der Waals surface area contributed by atoms with Gasteiger partial charge >= 0.3 is 12.1 Å². The van der Waals surface area contributed by atoms with E-state index in [1.54, 1.807) is 50.9 Å². The number of carbonyl (C=O) groups excluding carboxylic acids is 9. The molecule has 6 fully saturated rings. The van der Waals surface area contributed by atoms with Crippen LogP contribution < -0.4 is 15.5 Å². The molecule has 97 heavy (non-hydrogen) atoms. The standard InChI is InChI=1S/C72H93N9O16/c1-7-26-71-27-25-54-51-21-17-47-41-49(82)20-22-50(47)62(51)53(42-72(54,71)97-71)46-15-18-48(19-16-46)75(5)29-9-14-60(84)79-33-31-77(45-61(85)86)43-57(79)67(90)80-34-32-78(69(92)96-70(2,3)4)44-58(80)66(89)76(6)30-11-36-94-38-40-95-39-37-93-35-10-28-73-55-13-8-12-52-63(55)68(91)81(65(52)88)56-23-24-59(83)74-64(56)87/h8,12-13,15-16,18-19,41,51,53-54,56-58,73H,9-11,14,17,20-25,27-40,42-45H2,1-6H3,(H,85,86)(H,74,83,87)/t51-,53+,54-,56?,57?,58?,71-,72+/m0/s1. The van der Waals surface area contributed by atoms with Crippen LogP contribution in [0.3, 0.4) is 0 Å². The lowest BCUT2D eigenvalue weighted by Crippen LogP contribution is -2.67. The number of hydrogen-bond acceptors (Lipinski definition) is 18. The maximum absolute atomic E-state index is 15.1. The Balaban J connectivity index is 0.642. The molecule has 2 aromatic rings. The molecule has 4 aliphatic carbocycles. The van der Waals surface area contributed by atoms with Crippen molar-refractivity contribution in [1.82, 2.24) is 34.7 Å². The third-order valence-electron chi connectivity index (χ3n) is 20.7. The van der Waals surface area contributed by atoms with Gasteiger partial charge in [-0.3, -0.25) is 58.3 Å². The van der Waals surface area contributed by atoms with E-state index >= 15 is 4.79 Å². The number of rotatable bonds is 26. The van der Waals surface area contributed by atoms with E-state index < -0.39 is 71.2 Å². The molecule has 8 amide bonds. The summed E-state index contributed by atoms with van der Waals surface area (Å²) in [4.78, 5) is 144. The molecule has 5 heterocycles. The van der Waals surface area contributed by atoms with E-state index in [1.807, 2.05) is 20.0 Å². The molecule has 25 heteroatoms. The Morgan fingerprint density at radius 2 is 1.53 bits per heavy atom. The van der Waals surface area contributed by atoms with Crippen LogP contribution >= 0.6 is 0 Å². The maximum atomic E-state index is 15.1. The van der Waals surface area contributed by atoms with Gasteiger partial charge in [-0.25, -0.2) is 4.79 Å². The van der Waals surface area contributed by atoms with Crippen LogP contribution in [0.25, 0.3) is 0 Å². The predicted octanol–water partition coefficient (Wildman–Crippen LogP) is 5.17. The van der Waals surface area contributed by atoms with Gasteiger partial charge in [-0.1, -0.05) is 29.7 Å². The van der Waals surface area contributed by atoms with E-state index in [1.165, 1.54) is 41.9 Å². The van der Waals surface area contributed by atoms with Gasteiger partial charge in [-0.15, -0.1) is 5.92 Å². The normalized spacial score (nSPS) is 26.0. The fraction of sp³-hybridized carbons (Fsp3) is 0.611. The summed E-state index contributed by atoms with van der Waals surface area (Å²) in [6.45, 7) is 10.0. The summed E-state index contributed by atoms with van der Waals surface area (Å²) in [5.41, 5.74) is 5.68. The van der Waals surface area contributed by atoms with E-state index in [2.05, 4.69) is 51.6 Å². The van der Waals surface area contributed by atoms with Crippen LogP contribution in [0, 0.1) is 23.7 Å². The van der Waals surface area contributed by atoms with Gasteiger partial charge in [0.05, 0.1) is 50.6 Å². The van der Waals surface area contributed by atoms with Crippen LogP contribution in [-0.4, -0.2) is 248 Å². The average molecular weight is 1340 g/mol. The summed E-state index contributed by atoms with van der Waals surface area (Å²) in [7, 11) is 3.61. The zero-order chi connectivity index (χ0) is 68.9. The largest absolute Gasteiger partial charge is 0.480 e. The minimum atomic E-state index is -1.14. The number of carboxylic acid groups (broad SMARTS) is 1. The first-order valence-electron chi connectivity index (χ1n) is 34.5. The van der Waals surface area contributed by atoms with Crippen LogP contribution in [0.15, 0.2) is 65.3 Å². The lowest BCUT2D eigenvalue weighted by Gasteiger charge is -2.46. The van der Waals surface area contributed by atoms with Crippen molar-refractivity contribution in [1.29, 1.82) is 0 Å². The molecular weight excluding hydrogens is 1250 g/mol. The smallest absolute Gasteiger partial charge is 0.410 e. The van der Waals surface area contributed by atoms with E-state index in [-0.39, 0.29) is 125 Å². The van der Waals surface area contributed by atoms with E-state index in [0.717, 1.165) is 49.1 Å². The number of ether oxygens (including phenoxy) is 5. The Hall–Kier alpha value is -8.02. The number of likely N-dealkylation sites (N-methyl/N-ethyl adjacent to an activating group) is 1. The van der Waals surface area contributed by atoms with Crippen LogP contribution in [0.5, 0.6) is 0 Å². The molecule has 1 spiro atoms. The van der Waals surface area contributed by atoms with Crippen molar-refractivity contribution in [3.8, 4) is 11.8 Å². The molecule has 3 unspecified atom stereocenters. The highest BCUT2D eigenvalue weighted by Gasteiger charge is 2.79. The average Bonchev–Trinajstić information content (AvgIpc) is 1.49. The van der Waals surface area contributed by atoms with Crippen molar-refractivity contribution in [2.45, 2.75) is 152 Å². The minimum absolute atomic E-state index is 0.0313. The van der Waals surface area contributed by atoms with E-state index in [9.17, 15) is 48.3 Å². The minimum Gasteiger partial charge on any atom is -0.480 e. The Morgan fingerprint density at radius 1 is 0.794 bits per heavy atom. The van der Waals surface area contributed by atoms with Crippen molar-refractivity contribution in [3.05, 3.63) is 82.0 Å². The summed E-state index contributed by atoms with van der Waals surface area (Å²) in [6.07, 6.45) is 9.14. The van der Waals surface area contributed by atoms with Crippen LogP contribution in [0.2, 0.25) is 0 Å². The van der Waals surface area contributed by atoms with Gasteiger partial charge in [-0.2, -0.15) is 0 Å². The number of allylic oxidation sites excluding steroid dienone is 4. The number of nitrogens with zero attached hydrogens (tertiary/aromatic N) is 7. The topological polar surface area (TPSA) is 287 Å². The fourth-order valence-corrected chi connectivity index (χ4v) is 16.1. The maximum Gasteiger partial charge on any atom is 0.410 e. The van der Waals surface area contributed by atoms with Crippen LogP contribution in [0.4, 0.5) is 16.2 Å². The number of aliphatic carboxylic acids is 1. The number of benzene rings is 2. The van der Waals surface area contributed by atoms with Crippen molar-refractivity contribution in [2.75, 3.05) is 129 Å². The SMILES string of the molecule is CC#C[C@]12CC[C@H]3[C@@H]4CCC5=CC(=O)CCC5=C4[C@@H](c4ccc(N(C)CCCC(=O)N5CCN(CC(=O)O)CC5C(=O)N5CCN(C(=O)OC(C)(C)C)CC5C(=O)N(C)CCCOCCOCCOCCCNc5cccc6c5C(=O)N(C5CCC(=O)NC5=O)C6=O)cc4)C[C@@]31O2. The number of imide groups is 2. The number of amides is 8. The second kappa shape index (κ2) is 30.0. The molecule has 0 aromatic heterocycles. The Kier molecular flexibility index (Phi) is 21.7. The number of carboxylic acids is 1. The fourth-order valence-electron chi connectivity index (χ4n) is 16.1. The number of fused-ring (bicyclic) bond motifs is 4. The molecule has 2 saturated carbocycles. The lowest BCUT2D eigenvalue weighted by atomic mass is 9.57. The Bertz CT molecular complexity index is 3540. The zero-order valence-corrected chi connectivity index (χ0v) is 56.8. The molecule has 3 N–H and O–H groups in total. The predicted molar refractivity (Wildman–Crippen MR) is 355 cm³/mol. The molecule has 25 nitrogen and oxygen atoms in total. The van der Waals surface area contributed by atoms with Crippen molar-refractivity contribution >= 4 is 70.6 Å². The molecule has 9 aliphatic rings. The van der Waals surface area contributed by atoms with Crippen LogP contribution in [-0.2, 0) is 57.2 Å². The second-order valence-electron chi connectivity index (χ2n) is 28.0. The molecule has 4 saturated heterocycles. The van der Waals surface area contributed by atoms with Gasteiger partial charge in [0, 0.05) is 116 Å². The number of piperidine rings is 1. The highest BCUT2D eigenvalue weighted by atomic mass is 16.6. The number of carbonyl (C=O) groups is 10. The Morgan fingerprint density at radius 3 is 2.25 bits per heavy atom. The van der Waals surface area contributed by atoms with Gasteiger partial charge in [0.2, 0.25) is 29.5 Å². The summed E-state index contributed by atoms with van der Waals surface area (Å²) in [5.74, 6) is 3.30. The number of epoxide rings is 1. The summed E-state index contributed by atoms with van der Waals surface area (Å²) in [5, 5.41) is 15.3. The summed E-state index contributed by atoms with van der Waals surface area (Å²) in [6, 6.07) is 10.3. The summed E-state index contributed by atoms with van der Waals surface area (Å²) < 4.78 is 29.7. The molecule has 8 atom stereocenters. The van der Waals surface area contributed by atoms with Gasteiger partial charge in [0.15, 0.2) is 11.4 Å². The van der Waals surface area contributed by atoms with Gasteiger partial charge in [0.25, 0.3) is 11.8 Å². The number of ketones is 1. The highest BCUT2D eigenvalue weighted by molar-refractivity contribution is 6.25.